The maximum atomic E-state index is 11.5. The number of hydrogen-bond acceptors (Lipinski definition) is 4. The van der Waals surface area contributed by atoms with E-state index in [1.165, 1.54) is 44.9 Å². The van der Waals surface area contributed by atoms with Crippen LogP contribution in [0.15, 0.2) is 0 Å². The largest absolute Gasteiger partial charge is 0.461 e. The van der Waals surface area contributed by atoms with E-state index in [4.69, 9.17) is 9.29 Å². The smallest absolute Gasteiger partial charge is 0.306 e. The van der Waals surface area contributed by atoms with Gasteiger partial charge in [-0.15, -0.1) is 0 Å². The molecule has 0 amide bonds. The van der Waals surface area contributed by atoms with Crippen molar-refractivity contribution in [1.29, 1.82) is 0 Å². The van der Waals surface area contributed by atoms with Gasteiger partial charge in [0.25, 0.3) is 10.1 Å². The lowest BCUT2D eigenvalue weighted by Crippen LogP contribution is -2.26. The maximum Gasteiger partial charge on any atom is 0.306 e. The minimum atomic E-state index is -4.12. The minimum Gasteiger partial charge on any atom is -0.461 e. The van der Waals surface area contributed by atoms with E-state index in [2.05, 4.69) is 6.92 Å². The van der Waals surface area contributed by atoms with Gasteiger partial charge >= 0.3 is 5.97 Å². The van der Waals surface area contributed by atoms with E-state index in [9.17, 15) is 13.2 Å². The highest BCUT2D eigenvalue weighted by Crippen LogP contribution is 2.14. The van der Waals surface area contributed by atoms with Crippen molar-refractivity contribution >= 4 is 16.1 Å². The molecule has 1 atom stereocenters. The molecule has 0 aromatic carbocycles. The van der Waals surface area contributed by atoms with Gasteiger partial charge in [0, 0.05) is 6.42 Å². The molecule has 1 unspecified atom stereocenters. The Bertz CT molecular complexity index is 406. The first kappa shape index (κ1) is 23.4. The van der Waals surface area contributed by atoms with Crippen LogP contribution in [0.2, 0.25) is 0 Å². The number of rotatable bonds is 16. The normalized spacial score (nSPS) is 13.0. The fourth-order valence-corrected chi connectivity index (χ4v) is 3.42. The van der Waals surface area contributed by atoms with Crippen LogP contribution in [0, 0.1) is 0 Å². The molecule has 24 heavy (non-hydrogen) atoms. The van der Waals surface area contributed by atoms with E-state index in [-0.39, 0.29) is 6.42 Å². The fraction of sp³-hybridized carbons (Fsp3) is 0.944. The van der Waals surface area contributed by atoms with Crippen LogP contribution in [0.4, 0.5) is 0 Å². The molecular formula is C18H36O5S. The number of carbonyl (C=O) groups is 1. The zero-order valence-electron chi connectivity index (χ0n) is 15.5. The Morgan fingerprint density at radius 1 is 0.875 bits per heavy atom. The van der Waals surface area contributed by atoms with Crippen molar-refractivity contribution in [3.8, 4) is 0 Å². The quantitative estimate of drug-likeness (QED) is 0.239. The molecular weight excluding hydrogens is 328 g/mol. The van der Waals surface area contributed by atoms with Gasteiger partial charge in [-0.3, -0.25) is 9.35 Å². The summed E-state index contributed by atoms with van der Waals surface area (Å²) in [7, 11) is -4.12. The lowest BCUT2D eigenvalue weighted by Gasteiger charge is -2.16. The Morgan fingerprint density at radius 3 is 1.83 bits per heavy atom. The molecule has 0 radical (unpaired) electrons. The lowest BCUT2D eigenvalue weighted by molar-refractivity contribution is -0.148. The SMILES string of the molecule is CCCCCCCCCCCCC(CS(=O)(=O)O)OC(=O)CCC. The zero-order valence-corrected chi connectivity index (χ0v) is 16.3. The number of esters is 1. The molecule has 1 N–H and O–H groups in total. The first-order valence-electron chi connectivity index (χ1n) is 9.53. The van der Waals surface area contributed by atoms with Crippen molar-refractivity contribution in [3.63, 3.8) is 0 Å². The van der Waals surface area contributed by atoms with Crippen LogP contribution in [-0.2, 0) is 19.6 Å². The summed E-state index contributed by atoms with van der Waals surface area (Å²) in [6.45, 7) is 4.08. The van der Waals surface area contributed by atoms with Crippen molar-refractivity contribution in [2.75, 3.05) is 5.75 Å². The first-order valence-corrected chi connectivity index (χ1v) is 11.1. The molecule has 5 nitrogen and oxygen atoms in total. The molecule has 0 heterocycles. The van der Waals surface area contributed by atoms with Crippen LogP contribution in [0.3, 0.4) is 0 Å². The second-order valence-corrected chi connectivity index (χ2v) is 8.08. The van der Waals surface area contributed by atoms with Gasteiger partial charge in [-0.25, -0.2) is 0 Å². The summed E-state index contributed by atoms with van der Waals surface area (Å²) in [5.41, 5.74) is 0. The number of ether oxygens (including phenoxy) is 1. The van der Waals surface area contributed by atoms with Crippen LogP contribution in [-0.4, -0.2) is 30.8 Å². The Labute approximate surface area is 148 Å². The number of hydrogen-bond donors (Lipinski definition) is 1. The Kier molecular flexibility index (Phi) is 14.3. The van der Waals surface area contributed by atoms with Crippen LogP contribution < -0.4 is 0 Å². The van der Waals surface area contributed by atoms with Gasteiger partial charge in [0.2, 0.25) is 0 Å². The predicted octanol–water partition coefficient (Wildman–Crippen LogP) is 4.90. The van der Waals surface area contributed by atoms with Gasteiger partial charge in [-0.05, 0) is 19.3 Å². The summed E-state index contributed by atoms with van der Waals surface area (Å²) >= 11 is 0. The van der Waals surface area contributed by atoms with E-state index in [1.807, 2.05) is 6.92 Å². The predicted molar refractivity (Wildman–Crippen MR) is 97.7 cm³/mol. The van der Waals surface area contributed by atoms with Crippen molar-refractivity contribution in [3.05, 3.63) is 0 Å². The van der Waals surface area contributed by atoms with Crippen LogP contribution >= 0.6 is 0 Å². The molecule has 0 aliphatic carbocycles. The monoisotopic (exact) mass is 364 g/mol. The molecule has 6 heteroatoms. The van der Waals surface area contributed by atoms with Gasteiger partial charge in [-0.1, -0.05) is 71.6 Å². The molecule has 144 valence electrons. The maximum absolute atomic E-state index is 11.5. The molecule has 0 saturated carbocycles. The first-order chi connectivity index (χ1) is 11.4. The Balaban J connectivity index is 3.83. The van der Waals surface area contributed by atoms with Crippen LogP contribution in [0.1, 0.15) is 97.3 Å². The van der Waals surface area contributed by atoms with E-state index >= 15 is 0 Å². The van der Waals surface area contributed by atoms with Crippen molar-refractivity contribution in [2.45, 2.75) is 103 Å². The van der Waals surface area contributed by atoms with Gasteiger partial charge in [0.05, 0.1) is 0 Å². The standard InChI is InChI=1S/C18H36O5S/c1-3-5-6-7-8-9-10-11-12-13-15-17(16-24(20,21)22)23-18(19)14-4-2/h17H,3-16H2,1-2H3,(H,20,21,22). The molecule has 0 fully saturated rings. The van der Waals surface area contributed by atoms with E-state index in [1.54, 1.807) is 0 Å². The average molecular weight is 365 g/mol. The van der Waals surface area contributed by atoms with Crippen molar-refractivity contribution in [1.82, 2.24) is 0 Å². The topological polar surface area (TPSA) is 80.7 Å². The minimum absolute atomic E-state index is 0.278. The molecule has 0 rings (SSSR count). The highest BCUT2D eigenvalue weighted by atomic mass is 32.2. The Morgan fingerprint density at radius 2 is 1.38 bits per heavy atom. The zero-order chi connectivity index (χ0) is 18.3. The summed E-state index contributed by atoms with van der Waals surface area (Å²) in [6, 6.07) is 0. The third-order valence-electron chi connectivity index (χ3n) is 4.03. The van der Waals surface area contributed by atoms with E-state index in [0.717, 1.165) is 19.3 Å². The molecule has 0 aromatic heterocycles. The highest BCUT2D eigenvalue weighted by molar-refractivity contribution is 7.85. The molecule has 0 spiro atoms. The second kappa shape index (κ2) is 14.7. The van der Waals surface area contributed by atoms with E-state index < -0.39 is 27.9 Å². The summed E-state index contributed by atoms with van der Waals surface area (Å²) in [5.74, 6) is -0.891. The van der Waals surface area contributed by atoms with Gasteiger partial charge in [0.15, 0.2) is 0 Å². The average Bonchev–Trinajstić information content (AvgIpc) is 2.47. The lowest BCUT2D eigenvalue weighted by atomic mass is 10.0. The molecule has 0 saturated heterocycles. The van der Waals surface area contributed by atoms with Gasteiger partial charge in [-0.2, -0.15) is 8.42 Å². The van der Waals surface area contributed by atoms with Gasteiger partial charge < -0.3 is 4.74 Å². The number of carbonyl (C=O) groups excluding carboxylic acids is 1. The summed E-state index contributed by atoms with van der Waals surface area (Å²) in [4.78, 5) is 11.5. The highest BCUT2D eigenvalue weighted by Gasteiger charge is 2.20. The molecule has 0 aliphatic rings. The van der Waals surface area contributed by atoms with Crippen LogP contribution in [0.25, 0.3) is 0 Å². The summed E-state index contributed by atoms with van der Waals surface area (Å²) < 4.78 is 36.2. The second-order valence-electron chi connectivity index (χ2n) is 6.58. The third kappa shape index (κ3) is 16.2. The summed E-state index contributed by atoms with van der Waals surface area (Å²) in [5, 5.41) is 0. The Hall–Kier alpha value is -0.620. The fourth-order valence-electron chi connectivity index (χ4n) is 2.72. The van der Waals surface area contributed by atoms with E-state index in [0.29, 0.717) is 12.8 Å². The molecule has 0 bridgehead atoms. The third-order valence-corrected chi connectivity index (χ3v) is 4.82. The summed E-state index contributed by atoms with van der Waals surface area (Å²) in [6.07, 6.45) is 12.6. The van der Waals surface area contributed by atoms with Crippen molar-refractivity contribution < 1.29 is 22.5 Å². The number of unbranched alkanes of at least 4 members (excludes halogenated alkanes) is 9. The van der Waals surface area contributed by atoms with Crippen LogP contribution in [0.5, 0.6) is 0 Å². The van der Waals surface area contributed by atoms with Crippen molar-refractivity contribution in [2.24, 2.45) is 0 Å². The molecule has 0 aliphatic heterocycles. The molecule has 0 aromatic rings. The van der Waals surface area contributed by atoms with Gasteiger partial charge in [0.1, 0.15) is 11.9 Å².